The van der Waals surface area contributed by atoms with Crippen molar-refractivity contribution in [3.63, 3.8) is 0 Å². The second-order valence-electron chi connectivity index (χ2n) is 4.15. The summed E-state index contributed by atoms with van der Waals surface area (Å²) in [4.78, 5) is 12.1. The van der Waals surface area contributed by atoms with E-state index in [1.165, 1.54) is 0 Å². The van der Waals surface area contributed by atoms with Gasteiger partial charge in [-0.3, -0.25) is 4.79 Å². The number of nitrogens with one attached hydrogen (secondary N) is 1. The normalized spacial score (nSPS) is 23.6. The van der Waals surface area contributed by atoms with E-state index < -0.39 is 0 Å². The average Bonchev–Trinajstić information content (AvgIpc) is 2.87. The predicted octanol–water partition coefficient (Wildman–Crippen LogP) is 1.25. The van der Waals surface area contributed by atoms with Crippen molar-refractivity contribution in [1.82, 2.24) is 5.32 Å². The molecule has 2 atom stereocenters. The Morgan fingerprint density at radius 3 is 2.53 bits per heavy atom. The van der Waals surface area contributed by atoms with Crippen molar-refractivity contribution in [2.24, 2.45) is 0 Å². The lowest BCUT2D eigenvalue weighted by atomic mass is 10.0. The maximum atomic E-state index is 12.1. The lowest BCUT2D eigenvalue weighted by Crippen LogP contribution is -2.30. The van der Waals surface area contributed by atoms with Crippen LogP contribution in [0.1, 0.15) is 16.8 Å². The summed E-state index contributed by atoms with van der Waals surface area (Å²) in [5.74, 6) is 0.878. The van der Waals surface area contributed by atoms with E-state index in [4.69, 9.17) is 9.47 Å². The van der Waals surface area contributed by atoms with Gasteiger partial charge in [0.1, 0.15) is 5.75 Å². The van der Waals surface area contributed by atoms with Crippen LogP contribution in [-0.4, -0.2) is 38.7 Å². The van der Waals surface area contributed by atoms with Crippen molar-refractivity contribution in [3.05, 3.63) is 29.8 Å². The van der Waals surface area contributed by atoms with Gasteiger partial charge in [0.05, 0.1) is 19.3 Å². The van der Waals surface area contributed by atoms with Crippen molar-refractivity contribution in [3.8, 4) is 5.75 Å². The fourth-order valence-corrected chi connectivity index (χ4v) is 2.04. The Balaban J connectivity index is 2.04. The predicted molar refractivity (Wildman–Crippen MR) is 64.5 cm³/mol. The first-order valence-electron chi connectivity index (χ1n) is 5.69. The summed E-state index contributed by atoms with van der Waals surface area (Å²) in [5.41, 5.74) is 0.708. The first-order valence-corrected chi connectivity index (χ1v) is 5.69. The monoisotopic (exact) mass is 235 g/mol. The van der Waals surface area contributed by atoms with Crippen LogP contribution in [0.3, 0.4) is 0 Å². The largest absolute Gasteiger partial charge is 0.497 e. The minimum Gasteiger partial charge on any atom is -0.497 e. The number of methoxy groups -OCH3 is 2. The van der Waals surface area contributed by atoms with E-state index in [0.29, 0.717) is 5.56 Å². The molecule has 1 fully saturated rings. The van der Waals surface area contributed by atoms with Crippen molar-refractivity contribution in [1.29, 1.82) is 0 Å². The number of carbonyl (C=O) groups is 1. The van der Waals surface area contributed by atoms with Crippen molar-refractivity contribution in [2.45, 2.75) is 18.6 Å². The van der Waals surface area contributed by atoms with Gasteiger partial charge in [-0.2, -0.15) is 0 Å². The molecule has 1 aromatic rings. The number of rotatable bonds is 4. The van der Waals surface area contributed by atoms with Crippen molar-refractivity contribution >= 4 is 5.78 Å². The first kappa shape index (κ1) is 12.1. The fraction of sp³-hybridized carbons (Fsp3) is 0.462. The standard InChI is InChI=1S/C13H17NO3/c1-16-10-5-3-9(4-6-10)13(15)12-7-11(17-2)8-14-12/h3-6,11-12,14H,7-8H2,1-2H3. The fourth-order valence-electron chi connectivity index (χ4n) is 2.04. The minimum absolute atomic E-state index is 0.118. The molecule has 2 unspecified atom stereocenters. The molecule has 0 radical (unpaired) electrons. The van der Waals surface area contributed by atoms with E-state index in [-0.39, 0.29) is 17.9 Å². The zero-order valence-electron chi connectivity index (χ0n) is 10.1. The number of Topliss-reactive ketones (excluding diaryl/α,β-unsaturated/α-hetero) is 1. The molecule has 0 bridgehead atoms. The molecule has 4 heteroatoms. The second-order valence-corrected chi connectivity index (χ2v) is 4.15. The van der Waals surface area contributed by atoms with Crippen LogP contribution in [0.25, 0.3) is 0 Å². The first-order chi connectivity index (χ1) is 8.24. The molecule has 0 saturated carbocycles. The summed E-state index contributed by atoms with van der Waals surface area (Å²) < 4.78 is 10.3. The molecule has 17 heavy (non-hydrogen) atoms. The number of ether oxygens (including phenoxy) is 2. The van der Waals surface area contributed by atoms with Gasteiger partial charge in [-0.25, -0.2) is 0 Å². The van der Waals surface area contributed by atoms with E-state index >= 15 is 0 Å². The Labute approximate surface area is 101 Å². The smallest absolute Gasteiger partial charge is 0.179 e. The second kappa shape index (κ2) is 5.29. The molecule has 0 spiro atoms. The van der Waals surface area contributed by atoms with Gasteiger partial charge < -0.3 is 14.8 Å². The Bertz CT molecular complexity index is 388. The molecule has 1 N–H and O–H groups in total. The number of ketones is 1. The van der Waals surface area contributed by atoms with Gasteiger partial charge in [0, 0.05) is 19.2 Å². The quantitative estimate of drug-likeness (QED) is 0.798. The molecule has 92 valence electrons. The Kier molecular flexibility index (Phi) is 3.76. The molecule has 1 saturated heterocycles. The summed E-state index contributed by atoms with van der Waals surface area (Å²) in [6.07, 6.45) is 0.878. The Hall–Kier alpha value is -1.39. The van der Waals surface area contributed by atoms with E-state index in [1.54, 1.807) is 38.5 Å². The molecule has 0 aromatic heterocycles. The zero-order valence-corrected chi connectivity index (χ0v) is 10.1. The molecule has 1 aliphatic heterocycles. The molecule has 1 aromatic carbocycles. The van der Waals surface area contributed by atoms with Crippen LogP contribution in [0.4, 0.5) is 0 Å². The summed E-state index contributed by atoms with van der Waals surface area (Å²) in [5, 5.41) is 3.18. The van der Waals surface area contributed by atoms with Gasteiger partial charge in [0.15, 0.2) is 5.78 Å². The van der Waals surface area contributed by atoms with Crippen LogP contribution in [-0.2, 0) is 4.74 Å². The molecule has 1 heterocycles. The molecular weight excluding hydrogens is 218 g/mol. The molecule has 1 aliphatic rings. The highest BCUT2D eigenvalue weighted by atomic mass is 16.5. The summed E-state index contributed by atoms with van der Waals surface area (Å²) in [6.45, 7) is 0.739. The summed E-state index contributed by atoms with van der Waals surface area (Å²) in [6, 6.07) is 7.06. The zero-order chi connectivity index (χ0) is 12.3. The molecular formula is C13H17NO3. The molecule has 0 amide bonds. The highest BCUT2D eigenvalue weighted by Crippen LogP contribution is 2.17. The van der Waals surface area contributed by atoms with E-state index in [1.807, 2.05) is 0 Å². The summed E-state index contributed by atoms with van der Waals surface area (Å²) >= 11 is 0. The van der Waals surface area contributed by atoms with Crippen molar-refractivity contribution in [2.75, 3.05) is 20.8 Å². The van der Waals surface area contributed by atoms with E-state index in [2.05, 4.69) is 5.32 Å². The van der Waals surface area contributed by atoms with E-state index in [0.717, 1.165) is 18.7 Å². The number of hydrogen-bond donors (Lipinski definition) is 1. The maximum Gasteiger partial charge on any atom is 0.179 e. The number of carbonyl (C=O) groups excluding carboxylic acids is 1. The van der Waals surface area contributed by atoms with Crippen molar-refractivity contribution < 1.29 is 14.3 Å². The highest BCUT2D eigenvalue weighted by molar-refractivity contribution is 6.00. The molecule has 4 nitrogen and oxygen atoms in total. The highest BCUT2D eigenvalue weighted by Gasteiger charge is 2.29. The Morgan fingerprint density at radius 2 is 2.00 bits per heavy atom. The van der Waals surface area contributed by atoms with Gasteiger partial charge in [-0.1, -0.05) is 0 Å². The Morgan fingerprint density at radius 1 is 1.29 bits per heavy atom. The molecule has 2 rings (SSSR count). The van der Waals surface area contributed by atoms with Crippen LogP contribution < -0.4 is 10.1 Å². The van der Waals surface area contributed by atoms with Gasteiger partial charge in [-0.15, -0.1) is 0 Å². The van der Waals surface area contributed by atoms with Gasteiger partial charge in [0.25, 0.3) is 0 Å². The third-order valence-electron chi connectivity index (χ3n) is 3.11. The van der Waals surface area contributed by atoms with Crippen LogP contribution in [0.5, 0.6) is 5.75 Å². The van der Waals surface area contributed by atoms with Gasteiger partial charge in [-0.05, 0) is 30.7 Å². The third-order valence-corrected chi connectivity index (χ3v) is 3.11. The number of benzene rings is 1. The SMILES string of the molecule is COc1ccc(C(=O)C2CC(OC)CN2)cc1. The summed E-state index contributed by atoms with van der Waals surface area (Å²) in [7, 11) is 3.28. The van der Waals surface area contributed by atoms with Gasteiger partial charge >= 0.3 is 0 Å². The van der Waals surface area contributed by atoms with E-state index in [9.17, 15) is 4.79 Å². The average molecular weight is 235 g/mol. The maximum absolute atomic E-state index is 12.1. The van der Waals surface area contributed by atoms with Crippen LogP contribution in [0.15, 0.2) is 24.3 Å². The van der Waals surface area contributed by atoms with Crippen LogP contribution in [0, 0.1) is 0 Å². The third kappa shape index (κ3) is 2.65. The topological polar surface area (TPSA) is 47.6 Å². The number of hydrogen-bond acceptors (Lipinski definition) is 4. The molecule has 0 aliphatic carbocycles. The lowest BCUT2D eigenvalue weighted by molar-refractivity contribution is 0.0919. The van der Waals surface area contributed by atoms with Gasteiger partial charge in [0.2, 0.25) is 0 Å². The van der Waals surface area contributed by atoms with Crippen LogP contribution in [0.2, 0.25) is 0 Å². The lowest BCUT2D eigenvalue weighted by Gasteiger charge is -2.09. The minimum atomic E-state index is -0.131. The van der Waals surface area contributed by atoms with Crippen LogP contribution >= 0.6 is 0 Å².